The summed E-state index contributed by atoms with van der Waals surface area (Å²) in [6, 6.07) is 1.71. The molecule has 0 saturated heterocycles. The second kappa shape index (κ2) is 4.47. The molecule has 2 unspecified atom stereocenters. The number of nitrogen functional groups attached to an aromatic ring is 1. The summed E-state index contributed by atoms with van der Waals surface area (Å²) in [5.41, 5.74) is 4.35. The van der Waals surface area contributed by atoms with Crippen molar-refractivity contribution < 1.29 is 17.2 Å². The van der Waals surface area contributed by atoms with Crippen LogP contribution in [0.1, 0.15) is 13.3 Å². The Morgan fingerprint density at radius 2 is 2.06 bits per heavy atom. The van der Waals surface area contributed by atoms with Crippen LogP contribution in [-0.4, -0.2) is 15.0 Å². The molecule has 0 radical (unpaired) electrons. The average Bonchev–Trinajstić information content (AvgIpc) is 3.00. The molecule has 0 spiro atoms. The minimum atomic E-state index is -3.98. The predicted octanol–water partition coefficient (Wildman–Crippen LogP) is 1.48. The molecule has 1 aliphatic rings. The highest BCUT2D eigenvalue weighted by Crippen LogP contribution is 2.37. The van der Waals surface area contributed by atoms with Gasteiger partial charge >= 0.3 is 0 Å². The summed E-state index contributed by atoms with van der Waals surface area (Å²) >= 11 is 0. The maximum Gasteiger partial charge on any atom is 0.243 e. The first kappa shape index (κ1) is 13.2. The fourth-order valence-electron chi connectivity index (χ4n) is 1.73. The van der Waals surface area contributed by atoms with Gasteiger partial charge < -0.3 is 5.73 Å². The molecule has 0 amide bonds. The van der Waals surface area contributed by atoms with E-state index in [1.165, 1.54) is 0 Å². The summed E-state index contributed by atoms with van der Waals surface area (Å²) in [5, 5.41) is 0. The van der Waals surface area contributed by atoms with Crippen LogP contribution in [-0.2, 0) is 10.0 Å². The van der Waals surface area contributed by atoms with Crippen LogP contribution in [0.3, 0.4) is 0 Å². The normalized spacial score (nSPS) is 23.1. The molecule has 0 aromatic heterocycles. The third-order valence-corrected chi connectivity index (χ3v) is 4.63. The van der Waals surface area contributed by atoms with Crippen LogP contribution in [0.25, 0.3) is 0 Å². The molecular weight excluding hydrogens is 262 g/mol. The number of sulfonamides is 1. The number of halogens is 2. The van der Waals surface area contributed by atoms with Gasteiger partial charge in [-0.15, -0.1) is 0 Å². The van der Waals surface area contributed by atoms with Gasteiger partial charge in [-0.3, -0.25) is 0 Å². The van der Waals surface area contributed by atoms with Gasteiger partial charge in [0.1, 0.15) is 16.4 Å². The van der Waals surface area contributed by atoms with E-state index in [-0.39, 0.29) is 6.54 Å². The van der Waals surface area contributed by atoms with Crippen molar-refractivity contribution in [1.29, 1.82) is 0 Å². The van der Waals surface area contributed by atoms with Crippen LogP contribution >= 0.6 is 0 Å². The SMILES string of the molecule is CC1CC1CNS(=O)(=O)c1ccc(F)c(N)c1F. The fourth-order valence-corrected chi connectivity index (χ4v) is 2.92. The highest BCUT2D eigenvalue weighted by atomic mass is 32.2. The van der Waals surface area contributed by atoms with E-state index in [2.05, 4.69) is 4.72 Å². The quantitative estimate of drug-likeness (QED) is 0.818. The standard InChI is InChI=1S/C11H14F2N2O2S/c1-6-4-7(6)5-15-18(16,17)9-3-2-8(12)11(14)10(9)13/h2-3,6-7,15H,4-5,14H2,1H3. The maximum absolute atomic E-state index is 13.6. The van der Waals surface area contributed by atoms with Crippen molar-refractivity contribution in [2.75, 3.05) is 12.3 Å². The number of nitrogens with two attached hydrogens (primary N) is 1. The minimum absolute atomic E-state index is 0.264. The predicted molar refractivity (Wildman–Crippen MR) is 63.2 cm³/mol. The Hall–Kier alpha value is -1.21. The van der Waals surface area contributed by atoms with E-state index in [4.69, 9.17) is 5.73 Å². The number of rotatable bonds is 4. The summed E-state index contributed by atoms with van der Waals surface area (Å²) in [6.45, 7) is 2.27. The fraction of sp³-hybridized carbons (Fsp3) is 0.455. The second-order valence-electron chi connectivity index (χ2n) is 4.60. The van der Waals surface area contributed by atoms with Gasteiger partial charge in [0.15, 0.2) is 5.82 Å². The van der Waals surface area contributed by atoms with Crippen molar-refractivity contribution in [2.45, 2.75) is 18.2 Å². The van der Waals surface area contributed by atoms with Gasteiger partial charge in [-0.05, 0) is 30.4 Å². The van der Waals surface area contributed by atoms with Crippen LogP contribution in [0.2, 0.25) is 0 Å². The van der Waals surface area contributed by atoms with Crippen LogP contribution < -0.4 is 10.5 Å². The average molecular weight is 276 g/mol. The van der Waals surface area contributed by atoms with E-state index in [1.807, 2.05) is 6.92 Å². The summed E-state index contributed by atoms with van der Waals surface area (Å²) in [5.74, 6) is -1.44. The Balaban J connectivity index is 2.21. The molecule has 0 aliphatic heterocycles. The number of anilines is 1. The maximum atomic E-state index is 13.6. The number of nitrogens with one attached hydrogen (secondary N) is 1. The first-order valence-electron chi connectivity index (χ1n) is 5.56. The Bertz CT molecular complexity index is 575. The molecule has 3 N–H and O–H groups in total. The smallest absolute Gasteiger partial charge is 0.243 e. The van der Waals surface area contributed by atoms with Gasteiger partial charge in [0.2, 0.25) is 10.0 Å². The molecule has 1 fully saturated rings. The van der Waals surface area contributed by atoms with Crippen molar-refractivity contribution >= 4 is 15.7 Å². The van der Waals surface area contributed by atoms with Crippen molar-refractivity contribution in [3.63, 3.8) is 0 Å². The molecule has 4 nitrogen and oxygen atoms in total. The van der Waals surface area contributed by atoms with Gasteiger partial charge in [-0.2, -0.15) is 0 Å². The number of hydrogen-bond acceptors (Lipinski definition) is 3. The molecule has 1 saturated carbocycles. The molecule has 2 rings (SSSR count). The third-order valence-electron chi connectivity index (χ3n) is 3.19. The zero-order valence-corrected chi connectivity index (χ0v) is 10.6. The van der Waals surface area contributed by atoms with Gasteiger partial charge in [0.05, 0.1) is 0 Å². The van der Waals surface area contributed by atoms with E-state index < -0.39 is 32.2 Å². The summed E-state index contributed by atoms with van der Waals surface area (Å²) in [6.07, 6.45) is 0.955. The molecule has 7 heteroatoms. The number of benzene rings is 1. The van der Waals surface area contributed by atoms with Crippen molar-refractivity contribution in [2.24, 2.45) is 11.8 Å². The van der Waals surface area contributed by atoms with Crippen molar-refractivity contribution in [3.8, 4) is 0 Å². The zero-order chi connectivity index (χ0) is 13.5. The lowest BCUT2D eigenvalue weighted by Gasteiger charge is -2.09. The van der Waals surface area contributed by atoms with Crippen LogP contribution in [0.4, 0.5) is 14.5 Å². The molecule has 1 aromatic carbocycles. The summed E-state index contributed by atoms with van der Waals surface area (Å²) in [4.78, 5) is -0.616. The molecule has 100 valence electrons. The minimum Gasteiger partial charge on any atom is -0.394 e. The first-order valence-corrected chi connectivity index (χ1v) is 7.04. The summed E-state index contributed by atoms with van der Waals surface area (Å²) < 4.78 is 52.5. The molecule has 1 aromatic rings. The Labute approximate surface area is 104 Å². The number of hydrogen-bond donors (Lipinski definition) is 2. The Morgan fingerprint density at radius 3 is 2.61 bits per heavy atom. The van der Waals surface area contributed by atoms with Crippen LogP contribution in [0.15, 0.2) is 17.0 Å². The highest BCUT2D eigenvalue weighted by Gasteiger charge is 2.34. The van der Waals surface area contributed by atoms with E-state index in [1.54, 1.807) is 0 Å². The van der Waals surface area contributed by atoms with Gasteiger partial charge in [0, 0.05) is 6.54 Å². The monoisotopic (exact) mass is 276 g/mol. The second-order valence-corrected chi connectivity index (χ2v) is 6.33. The topological polar surface area (TPSA) is 72.2 Å². The molecular formula is C11H14F2N2O2S. The molecule has 18 heavy (non-hydrogen) atoms. The lowest BCUT2D eigenvalue weighted by atomic mass is 10.3. The molecule has 0 bridgehead atoms. The van der Waals surface area contributed by atoms with E-state index in [9.17, 15) is 17.2 Å². The van der Waals surface area contributed by atoms with Gasteiger partial charge in [0.25, 0.3) is 0 Å². The van der Waals surface area contributed by atoms with Crippen molar-refractivity contribution in [1.82, 2.24) is 4.72 Å². The van der Waals surface area contributed by atoms with E-state index in [0.29, 0.717) is 11.8 Å². The van der Waals surface area contributed by atoms with Crippen LogP contribution in [0.5, 0.6) is 0 Å². The molecule has 2 atom stereocenters. The van der Waals surface area contributed by atoms with Gasteiger partial charge in [-0.25, -0.2) is 21.9 Å². The van der Waals surface area contributed by atoms with Gasteiger partial charge in [-0.1, -0.05) is 6.92 Å². The Kier molecular flexibility index (Phi) is 3.29. The highest BCUT2D eigenvalue weighted by molar-refractivity contribution is 7.89. The third kappa shape index (κ3) is 2.46. The van der Waals surface area contributed by atoms with Crippen LogP contribution in [0, 0.1) is 23.5 Å². The first-order chi connectivity index (χ1) is 8.33. The van der Waals surface area contributed by atoms with Crippen molar-refractivity contribution in [3.05, 3.63) is 23.8 Å². The lowest BCUT2D eigenvalue weighted by Crippen LogP contribution is -2.27. The molecule has 1 aliphatic carbocycles. The largest absolute Gasteiger partial charge is 0.394 e. The Morgan fingerprint density at radius 1 is 1.44 bits per heavy atom. The lowest BCUT2D eigenvalue weighted by molar-refractivity contribution is 0.545. The van der Waals surface area contributed by atoms with E-state index >= 15 is 0 Å². The van der Waals surface area contributed by atoms with E-state index in [0.717, 1.165) is 18.6 Å². The molecule has 0 heterocycles. The zero-order valence-electron chi connectivity index (χ0n) is 9.78. The summed E-state index contributed by atoms with van der Waals surface area (Å²) in [7, 11) is -3.98.